The van der Waals surface area contributed by atoms with Crippen molar-refractivity contribution in [3.63, 3.8) is 0 Å². The Hall–Kier alpha value is -1.22. The van der Waals surface area contributed by atoms with Gasteiger partial charge in [-0.2, -0.15) is 0 Å². The van der Waals surface area contributed by atoms with Gasteiger partial charge in [0.25, 0.3) is 0 Å². The first-order chi connectivity index (χ1) is 7.99. The highest BCUT2D eigenvalue weighted by Gasteiger charge is 2.50. The summed E-state index contributed by atoms with van der Waals surface area (Å²) < 4.78 is 0. The predicted octanol–water partition coefficient (Wildman–Crippen LogP) is 1.64. The molecule has 1 aromatic carbocycles. The molecule has 0 saturated carbocycles. The Bertz CT molecular complexity index is 430. The summed E-state index contributed by atoms with van der Waals surface area (Å²) in [5, 5.41) is 0. The lowest BCUT2D eigenvalue weighted by molar-refractivity contribution is -0.00249. The van der Waals surface area contributed by atoms with Crippen LogP contribution in [0.2, 0.25) is 0 Å². The van der Waals surface area contributed by atoms with Crippen LogP contribution in [0.5, 0.6) is 0 Å². The van der Waals surface area contributed by atoms with Gasteiger partial charge in [-0.25, -0.2) is 0 Å². The van der Waals surface area contributed by atoms with Crippen LogP contribution in [0.25, 0.3) is 0 Å². The summed E-state index contributed by atoms with van der Waals surface area (Å²) in [6.45, 7) is 9.27. The Kier molecular flexibility index (Phi) is 2.17. The van der Waals surface area contributed by atoms with E-state index >= 15 is 0 Å². The van der Waals surface area contributed by atoms with Gasteiger partial charge in [0.1, 0.15) is 0 Å². The van der Waals surface area contributed by atoms with Crippen molar-refractivity contribution in [2.45, 2.75) is 13.8 Å². The van der Waals surface area contributed by atoms with Gasteiger partial charge in [0, 0.05) is 43.0 Å². The molecule has 2 aliphatic rings. The third-order valence-electron chi connectivity index (χ3n) is 4.09. The highest BCUT2D eigenvalue weighted by Crippen LogP contribution is 2.43. The number of nitrogen functional groups attached to an aromatic ring is 1. The maximum atomic E-state index is 5.87. The number of hydrogen-bond acceptors (Lipinski definition) is 3. The first kappa shape index (κ1) is 10.9. The summed E-state index contributed by atoms with van der Waals surface area (Å²) in [6.07, 6.45) is 0. The normalized spacial score (nSPS) is 22.4. The second kappa shape index (κ2) is 3.39. The van der Waals surface area contributed by atoms with Gasteiger partial charge in [0.05, 0.1) is 0 Å². The molecule has 92 valence electrons. The van der Waals surface area contributed by atoms with Gasteiger partial charge in [0.2, 0.25) is 0 Å². The number of rotatable bonds is 1. The van der Waals surface area contributed by atoms with Gasteiger partial charge < -0.3 is 15.5 Å². The van der Waals surface area contributed by atoms with E-state index in [0.29, 0.717) is 5.41 Å². The molecule has 0 radical (unpaired) electrons. The first-order valence-electron chi connectivity index (χ1n) is 6.29. The number of hydrogen-bond donors (Lipinski definition) is 1. The fraction of sp³-hybridized carbons (Fsp3) is 0.571. The minimum absolute atomic E-state index is 0.592. The Morgan fingerprint density at radius 1 is 1.06 bits per heavy atom. The maximum absolute atomic E-state index is 5.87. The lowest BCUT2D eigenvalue weighted by Gasteiger charge is -2.60. The summed E-state index contributed by atoms with van der Waals surface area (Å²) in [5.41, 5.74) is 11.4. The van der Waals surface area contributed by atoms with Gasteiger partial charge in [0.15, 0.2) is 0 Å². The molecule has 2 heterocycles. The van der Waals surface area contributed by atoms with Crippen molar-refractivity contribution in [1.82, 2.24) is 4.90 Å². The van der Waals surface area contributed by atoms with Crippen molar-refractivity contribution in [3.05, 3.63) is 23.3 Å². The van der Waals surface area contributed by atoms with E-state index in [1.165, 1.54) is 43.0 Å². The quantitative estimate of drug-likeness (QED) is 0.746. The van der Waals surface area contributed by atoms with E-state index in [1.54, 1.807) is 0 Å². The molecule has 0 aromatic heterocycles. The molecule has 3 nitrogen and oxygen atoms in total. The van der Waals surface area contributed by atoms with Crippen molar-refractivity contribution < 1.29 is 0 Å². The van der Waals surface area contributed by atoms with E-state index in [4.69, 9.17) is 5.73 Å². The number of likely N-dealkylation sites (tertiary alicyclic amines) is 1. The molecule has 1 spiro atoms. The number of aryl methyl sites for hydroxylation is 2. The second-order valence-electron chi connectivity index (χ2n) is 6.03. The van der Waals surface area contributed by atoms with Crippen LogP contribution in [0, 0.1) is 19.3 Å². The van der Waals surface area contributed by atoms with E-state index < -0.39 is 0 Å². The van der Waals surface area contributed by atoms with Crippen molar-refractivity contribution in [1.29, 1.82) is 0 Å². The van der Waals surface area contributed by atoms with Gasteiger partial charge in [-0.1, -0.05) is 0 Å². The van der Waals surface area contributed by atoms with Crippen LogP contribution in [0.3, 0.4) is 0 Å². The van der Waals surface area contributed by atoms with Gasteiger partial charge in [-0.3, -0.25) is 0 Å². The molecule has 3 heteroatoms. The van der Waals surface area contributed by atoms with Crippen LogP contribution in [-0.2, 0) is 0 Å². The molecule has 2 aliphatic heterocycles. The molecule has 2 fully saturated rings. The van der Waals surface area contributed by atoms with Crippen LogP contribution < -0.4 is 10.6 Å². The molecule has 3 rings (SSSR count). The largest absolute Gasteiger partial charge is 0.399 e. The zero-order valence-electron chi connectivity index (χ0n) is 11.0. The molecule has 17 heavy (non-hydrogen) atoms. The van der Waals surface area contributed by atoms with Crippen molar-refractivity contribution in [2.75, 3.05) is 43.9 Å². The average molecular weight is 231 g/mol. The van der Waals surface area contributed by atoms with Crippen LogP contribution in [-0.4, -0.2) is 38.1 Å². The lowest BCUT2D eigenvalue weighted by atomic mass is 9.72. The van der Waals surface area contributed by atoms with Crippen molar-refractivity contribution in [3.8, 4) is 0 Å². The molecule has 0 amide bonds. The Morgan fingerprint density at radius 2 is 1.59 bits per heavy atom. The lowest BCUT2D eigenvalue weighted by Crippen LogP contribution is -2.71. The van der Waals surface area contributed by atoms with Gasteiger partial charge in [-0.15, -0.1) is 0 Å². The van der Waals surface area contributed by atoms with E-state index in [9.17, 15) is 0 Å². The van der Waals surface area contributed by atoms with Gasteiger partial charge >= 0.3 is 0 Å². The number of nitrogens with zero attached hydrogens (tertiary/aromatic N) is 2. The van der Waals surface area contributed by atoms with E-state index in [-0.39, 0.29) is 0 Å². The second-order valence-corrected chi connectivity index (χ2v) is 6.03. The standard InChI is InChI=1S/C14H21N3/c1-10-4-12(15)5-11(2)13(10)17-8-14(9-17)6-16(3)7-14/h4-5H,6-9,15H2,1-3H3. The molecule has 0 bridgehead atoms. The highest BCUT2D eigenvalue weighted by molar-refractivity contribution is 5.66. The van der Waals surface area contributed by atoms with Crippen molar-refractivity contribution >= 4 is 11.4 Å². The molecular weight excluding hydrogens is 210 g/mol. The van der Waals surface area contributed by atoms with E-state index in [0.717, 1.165) is 5.69 Å². The SMILES string of the molecule is Cc1cc(N)cc(C)c1N1CC2(CN(C)C2)C1. The molecule has 0 unspecified atom stereocenters. The fourth-order valence-corrected chi connectivity index (χ4v) is 3.71. The Labute approximate surface area is 103 Å². The van der Waals surface area contributed by atoms with Crippen LogP contribution >= 0.6 is 0 Å². The summed E-state index contributed by atoms with van der Waals surface area (Å²) in [7, 11) is 2.20. The molecule has 0 aliphatic carbocycles. The fourth-order valence-electron chi connectivity index (χ4n) is 3.71. The van der Waals surface area contributed by atoms with E-state index in [2.05, 4.69) is 42.8 Å². The van der Waals surface area contributed by atoms with Crippen LogP contribution in [0.1, 0.15) is 11.1 Å². The highest BCUT2D eigenvalue weighted by atomic mass is 15.3. The zero-order valence-corrected chi connectivity index (χ0v) is 11.0. The molecule has 0 atom stereocenters. The Morgan fingerprint density at radius 3 is 2.06 bits per heavy atom. The maximum Gasteiger partial charge on any atom is 0.0427 e. The summed E-state index contributed by atoms with van der Waals surface area (Å²) in [6, 6.07) is 4.17. The third-order valence-corrected chi connectivity index (χ3v) is 4.09. The van der Waals surface area contributed by atoms with Crippen LogP contribution in [0.4, 0.5) is 11.4 Å². The average Bonchev–Trinajstić information content (AvgIpc) is 2.09. The smallest absolute Gasteiger partial charge is 0.0427 e. The molecule has 2 saturated heterocycles. The minimum Gasteiger partial charge on any atom is -0.399 e. The van der Waals surface area contributed by atoms with Crippen molar-refractivity contribution in [2.24, 2.45) is 5.41 Å². The summed E-state index contributed by atoms with van der Waals surface area (Å²) >= 11 is 0. The number of nitrogens with two attached hydrogens (primary N) is 1. The number of benzene rings is 1. The van der Waals surface area contributed by atoms with E-state index in [1.807, 2.05) is 0 Å². The van der Waals surface area contributed by atoms with Gasteiger partial charge in [-0.05, 0) is 44.2 Å². The number of anilines is 2. The summed E-state index contributed by atoms with van der Waals surface area (Å²) in [4.78, 5) is 4.91. The van der Waals surface area contributed by atoms with Crippen LogP contribution in [0.15, 0.2) is 12.1 Å². The predicted molar refractivity (Wildman–Crippen MR) is 72.5 cm³/mol. The zero-order chi connectivity index (χ0) is 12.2. The topological polar surface area (TPSA) is 32.5 Å². The minimum atomic E-state index is 0.592. The summed E-state index contributed by atoms with van der Waals surface area (Å²) in [5.74, 6) is 0. The molecular formula is C14H21N3. The third kappa shape index (κ3) is 1.61. The molecule has 2 N–H and O–H groups in total. The monoisotopic (exact) mass is 231 g/mol. The first-order valence-corrected chi connectivity index (χ1v) is 6.29. The Balaban J connectivity index is 1.79. The molecule has 1 aromatic rings.